The van der Waals surface area contributed by atoms with Crippen molar-refractivity contribution in [3.8, 4) is 0 Å². The van der Waals surface area contributed by atoms with Crippen molar-refractivity contribution >= 4 is 11.6 Å². The van der Waals surface area contributed by atoms with Crippen LogP contribution in [0.2, 0.25) is 0 Å². The molecule has 1 aliphatic carbocycles. The van der Waals surface area contributed by atoms with Crippen LogP contribution in [0, 0.1) is 12.3 Å². The fourth-order valence-electron chi connectivity index (χ4n) is 4.40. The number of nitrogens with zero attached hydrogens (tertiary/aromatic N) is 2. The summed E-state index contributed by atoms with van der Waals surface area (Å²) in [6.45, 7) is 7.48. The van der Waals surface area contributed by atoms with Crippen molar-refractivity contribution in [2.24, 2.45) is 5.41 Å². The van der Waals surface area contributed by atoms with Gasteiger partial charge in [0.05, 0.1) is 23.5 Å². The highest BCUT2D eigenvalue weighted by atomic mass is 16.7. The molecule has 0 amide bonds. The summed E-state index contributed by atoms with van der Waals surface area (Å²) in [7, 11) is 0. The Kier molecular flexibility index (Phi) is 5.89. The second-order valence-electron chi connectivity index (χ2n) is 9.23. The van der Waals surface area contributed by atoms with Crippen LogP contribution >= 0.6 is 0 Å². The zero-order valence-corrected chi connectivity index (χ0v) is 18.1. The second kappa shape index (κ2) is 8.44. The normalized spacial score (nSPS) is 20.8. The Morgan fingerprint density at radius 2 is 2.00 bits per heavy atom. The van der Waals surface area contributed by atoms with Gasteiger partial charge in [-0.05, 0) is 43.6 Å². The summed E-state index contributed by atoms with van der Waals surface area (Å²) in [5, 5.41) is 4.64. The molecule has 6 heteroatoms. The summed E-state index contributed by atoms with van der Waals surface area (Å²) in [5.41, 5.74) is 4.25. The third-order valence-corrected chi connectivity index (χ3v) is 5.94. The van der Waals surface area contributed by atoms with Crippen molar-refractivity contribution in [3.05, 3.63) is 52.3 Å². The lowest BCUT2D eigenvalue weighted by molar-refractivity contribution is -0.155. The summed E-state index contributed by atoms with van der Waals surface area (Å²) in [4.78, 5) is 25.0. The number of rotatable bonds is 6. The Bertz CT molecular complexity index is 937. The monoisotopic (exact) mass is 410 g/mol. The van der Waals surface area contributed by atoms with E-state index < -0.39 is 0 Å². The van der Waals surface area contributed by atoms with Crippen LogP contribution in [0.15, 0.2) is 24.3 Å². The molecule has 2 heterocycles. The molecular formula is C24H30N2O4. The first-order valence-electron chi connectivity index (χ1n) is 10.8. The number of aromatic nitrogens is 2. The van der Waals surface area contributed by atoms with E-state index >= 15 is 0 Å². The zero-order chi connectivity index (χ0) is 21.3. The molecule has 1 saturated heterocycles. The molecule has 1 aromatic carbocycles. The topological polar surface area (TPSA) is 70.4 Å². The van der Waals surface area contributed by atoms with Crippen molar-refractivity contribution in [1.29, 1.82) is 0 Å². The highest BCUT2D eigenvalue weighted by Crippen LogP contribution is 2.36. The number of fused-ring (bicyclic) bond motifs is 1. The summed E-state index contributed by atoms with van der Waals surface area (Å²) in [6.07, 6.45) is 4.12. The predicted molar refractivity (Wildman–Crippen MR) is 113 cm³/mol. The van der Waals surface area contributed by atoms with Crippen LogP contribution in [0.4, 0.5) is 0 Å². The molecule has 1 atom stereocenters. The van der Waals surface area contributed by atoms with E-state index in [-0.39, 0.29) is 29.9 Å². The van der Waals surface area contributed by atoms with Gasteiger partial charge >= 0.3 is 0 Å². The van der Waals surface area contributed by atoms with E-state index in [1.54, 1.807) is 0 Å². The molecule has 2 aliphatic rings. The van der Waals surface area contributed by atoms with Crippen LogP contribution in [-0.4, -0.2) is 40.9 Å². The lowest BCUT2D eigenvalue weighted by Crippen LogP contribution is -2.28. The number of aryl methyl sites for hydroxylation is 1. The Morgan fingerprint density at radius 1 is 1.23 bits per heavy atom. The van der Waals surface area contributed by atoms with Gasteiger partial charge in [-0.1, -0.05) is 38.1 Å². The van der Waals surface area contributed by atoms with Gasteiger partial charge in [0.1, 0.15) is 6.61 Å². The molecule has 1 unspecified atom stereocenters. The Hall–Kier alpha value is -2.31. The largest absolute Gasteiger partial charge is 0.353 e. The van der Waals surface area contributed by atoms with E-state index in [4.69, 9.17) is 9.47 Å². The number of carbonyl (C=O) groups is 2. The maximum atomic E-state index is 12.6. The molecule has 1 aliphatic heterocycles. The number of hydrogen-bond acceptors (Lipinski definition) is 5. The van der Waals surface area contributed by atoms with Gasteiger partial charge in [-0.3, -0.25) is 14.3 Å². The molecule has 2 aromatic rings. The van der Waals surface area contributed by atoms with E-state index in [1.165, 1.54) is 0 Å². The van der Waals surface area contributed by atoms with Gasteiger partial charge in [-0.25, -0.2) is 0 Å². The highest BCUT2D eigenvalue weighted by Gasteiger charge is 2.35. The first-order valence-corrected chi connectivity index (χ1v) is 10.8. The van der Waals surface area contributed by atoms with Crippen LogP contribution in [0.5, 0.6) is 0 Å². The summed E-state index contributed by atoms with van der Waals surface area (Å²) < 4.78 is 13.1. The molecule has 0 N–H and O–H groups in total. The number of ether oxygens (including phenoxy) is 2. The van der Waals surface area contributed by atoms with Crippen molar-refractivity contribution < 1.29 is 19.1 Å². The molecule has 6 nitrogen and oxygen atoms in total. The van der Waals surface area contributed by atoms with Crippen molar-refractivity contribution in [2.75, 3.05) is 13.2 Å². The van der Waals surface area contributed by atoms with Crippen LogP contribution in [0.1, 0.15) is 77.2 Å². The molecule has 4 rings (SSSR count). The Morgan fingerprint density at radius 3 is 2.70 bits per heavy atom. The molecule has 0 saturated carbocycles. The second-order valence-corrected chi connectivity index (χ2v) is 9.23. The molecule has 0 bridgehead atoms. The quantitative estimate of drug-likeness (QED) is 0.670. The Balaban J connectivity index is 1.42. The molecular weight excluding hydrogens is 380 g/mol. The third-order valence-electron chi connectivity index (χ3n) is 5.94. The van der Waals surface area contributed by atoms with Gasteiger partial charge in [0.2, 0.25) is 0 Å². The first-order chi connectivity index (χ1) is 14.3. The van der Waals surface area contributed by atoms with Gasteiger partial charge in [-0.15, -0.1) is 0 Å². The lowest BCUT2D eigenvalue weighted by Gasteiger charge is -2.29. The van der Waals surface area contributed by atoms with Crippen molar-refractivity contribution in [3.63, 3.8) is 0 Å². The minimum absolute atomic E-state index is 0.0348. The van der Waals surface area contributed by atoms with E-state index in [2.05, 4.69) is 18.9 Å². The maximum Gasteiger partial charge on any atom is 0.188 e. The number of hydrogen-bond donors (Lipinski definition) is 0. The third kappa shape index (κ3) is 4.55. The zero-order valence-electron chi connectivity index (χ0n) is 18.1. The van der Waals surface area contributed by atoms with E-state index in [0.29, 0.717) is 25.1 Å². The summed E-state index contributed by atoms with van der Waals surface area (Å²) in [5.74, 6) is 0.142. The first kappa shape index (κ1) is 20.9. The van der Waals surface area contributed by atoms with Gasteiger partial charge < -0.3 is 9.47 Å². The lowest BCUT2D eigenvalue weighted by atomic mass is 9.75. The predicted octanol–water partition coefficient (Wildman–Crippen LogP) is 4.12. The molecule has 30 heavy (non-hydrogen) atoms. The van der Waals surface area contributed by atoms with Gasteiger partial charge in [0.25, 0.3) is 0 Å². The Labute approximate surface area is 177 Å². The molecule has 0 radical (unpaired) electrons. The molecule has 160 valence electrons. The fourth-order valence-corrected chi connectivity index (χ4v) is 4.40. The molecule has 1 aromatic heterocycles. The van der Waals surface area contributed by atoms with E-state index in [0.717, 1.165) is 48.2 Å². The SMILES string of the molecule is Cc1nn(Cc2ccc(C(=O)COC3CCCCO3)cc2)c2c1C(=O)CC(C)(C)C2. The number of benzene rings is 1. The average Bonchev–Trinajstić information content (AvgIpc) is 3.01. The van der Waals surface area contributed by atoms with Crippen molar-refractivity contribution in [1.82, 2.24) is 9.78 Å². The van der Waals surface area contributed by atoms with E-state index in [1.807, 2.05) is 35.9 Å². The minimum Gasteiger partial charge on any atom is -0.353 e. The molecule has 0 spiro atoms. The standard InChI is InChI=1S/C24H30N2O4/c1-16-23-19(12-24(2,3)13-20(23)27)26(25-16)14-17-7-9-18(10-8-17)21(28)15-30-22-6-4-5-11-29-22/h7-10,22H,4-6,11-15H2,1-3H3. The van der Waals surface area contributed by atoms with Gasteiger partial charge in [0.15, 0.2) is 17.9 Å². The number of ketones is 2. The van der Waals surface area contributed by atoms with Gasteiger partial charge in [-0.2, -0.15) is 5.10 Å². The van der Waals surface area contributed by atoms with Gasteiger partial charge in [0, 0.05) is 18.6 Å². The van der Waals surface area contributed by atoms with Crippen LogP contribution < -0.4 is 0 Å². The highest BCUT2D eigenvalue weighted by molar-refractivity contribution is 5.99. The average molecular weight is 411 g/mol. The number of carbonyl (C=O) groups excluding carboxylic acids is 2. The smallest absolute Gasteiger partial charge is 0.188 e. The van der Waals surface area contributed by atoms with E-state index in [9.17, 15) is 9.59 Å². The maximum absolute atomic E-state index is 12.6. The number of Topliss-reactive ketones (excluding diaryl/α,β-unsaturated/α-hetero) is 2. The van der Waals surface area contributed by atoms with Crippen LogP contribution in [-0.2, 0) is 22.4 Å². The van der Waals surface area contributed by atoms with Crippen LogP contribution in [0.3, 0.4) is 0 Å². The fraction of sp³-hybridized carbons (Fsp3) is 0.542. The van der Waals surface area contributed by atoms with Crippen molar-refractivity contribution in [2.45, 2.75) is 65.7 Å². The summed E-state index contributed by atoms with van der Waals surface area (Å²) in [6, 6.07) is 7.56. The van der Waals surface area contributed by atoms with Crippen LogP contribution in [0.25, 0.3) is 0 Å². The minimum atomic E-state index is -0.261. The summed E-state index contributed by atoms with van der Waals surface area (Å²) >= 11 is 0. The molecule has 1 fully saturated rings.